The number of nitrogens with zero attached hydrogens (tertiary/aromatic N) is 2. The molecule has 0 radical (unpaired) electrons. The number of carbonyl (C=O) groups excluding carboxylic acids is 1. The van der Waals surface area contributed by atoms with Crippen LogP contribution in [0.3, 0.4) is 0 Å². The summed E-state index contributed by atoms with van der Waals surface area (Å²) in [5.41, 5.74) is 1.51. The Morgan fingerprint density at radius 1 is 1.33 bits per heavy atom. The average molecular weight is 339 g/mol. The number of carbonyl (C=O) groups is 1. The normalized spacial score (nSPS) is 18.0. The molecule has 1 amide bonds. The quantitative estimate of drug-likeness (QED) is 0.819. The molecule has 3 rings (SSSR count). The summed E-state index contributed by atoms with van der Waals surface area (Å²) in [4.78, 5) is 18.7. The number of aromatic nitrogens is 1. The Bertz CT molecular complexity index is 666. The van der Waals surface area contributed by atoms with E-state index in [1.165, 1.54) is 0 Å². The van der Waals surface area contributed by atoms with E-state index in [0.717, 1.165) is 11.3 Å². The number of benzene rings is 1. The van der Waals surface area contributed by atoms with Crippen molar-refractivity contribution in [2.75, 3.05) is 12.3 Å². The molecule has 0 spiro atoms. The minimum Gasteiger partial charge on any atom is -0.322 e. The molecule has 1 aliphatic heterocycles. The van der Waals surface area contributed by atoms with Crippen LogP contribution < -0.4 is 0 Å². The van der Waals surface area contributed by atoms with Crippen molar-refractivity contribution in [1.29, 1.82) is 0 Å². The molecule has 1 saturated heterocycles. The van der Waals surface area contributed by atoms with Gasteiger partial charge in [-0.25, -0.2) is 0 Å². The van der Waals surface area contributed by atoms with Crippen LogP contribution in [0.15, 0.2) is 42.7 Å². The molecular formula is C15H12Cl2N2OS. The number of thioether (sulfide) groups is 1. The highest BCUT2D eigenvalue weighted by molar-refractivity contribution is 7.99. The smallest absolute Gasteiger partial charge is 0.256 e. The van der Waals surface area contributed by atoms with Gasteiger partial charge in [-0.05, 0) is 24.3 Å². The lowest BCUT2D eigenvalue weighted by Gasteiger charge is -2.24. The van der Waals surface area contributed by atoms with E-state index in [9.17, 15) is 4.79 Å². The molecule has 0 bridgehead atoms. The SMILES string of the molecule is O=C(c1ccc(Cl)cc1Cl)N1CCSC1c1cccnc1. The van der Waals surface area contributed by atoms with Crippen molar-refractivity contribution in [1.82, 2.24) is 9.88 Å². The Balaban J connectivity index is 1.90. The molecule has 1 fully saturated rings. The summed E-state index contributed by atoms with van der Waals surface area (Å²) in [6, 6.07) is 8.82. The van der Waals surface area contributed by atoms with Gasteiger partial charge in [-0.2, -0.15) is 0 Å². The van der Waals surface area contributed by atoms with Gasteiger partial charge in [0, 0.05) is 35.3 Å². The van der Waals surface area contributed by atoms with Crippen molar-refractivity contribution < 1.29 is 4.79 Å². The van der Waals surface area contributed by atoms with E-state index >= 15 is 0 Å². The average Bonchev–Trinajstić information content (AvgIpc) is 2.97. The van der Waals surface area contributed by atoms with Crippen molar-refractivity contribution in [3.63, 3.8) is 0 Å². The van der Waals surface area contributed by atoms with Gasteiger partial charge in [0.05, 0.1) is 10.6 Å². The van der Waals surface area contributed by atoms with Crippen LogP contribution in [0, 0.1) is 0 Å². The molecule has 3 nitrogen and oxygen atoms in total. The largest absolute Gasteiger partial charge is 0.322 e. The van der Waals surface area contributed by atoms with Gasteiger partial charge in [-0.1, -0.05) is 29.3 Å². The van der Waals surface area contributed by atoms with Gasteiger partial charge in [0.15, 0.2) is 0 Å². The Morgan fingerprint density at radius 3 is 2.90 bits per heavy atom. The second-order valence-corrected chi connectivity index (χ2v) is 6.66. The van der Waals surface area contributed by atoms with E-state index in [-0.39, 0.29) is 11.3 Å². The highest BCUT2D eigenvalue weighted by atomic mass is 35.5. The third-order valence-corrected chi connectivity index (χ3v) is 5.09. The first-order valence-electron chi connectivity index (χ1n) is 6.44. The Labute approximate surface area is 137 Å². The summed E-state index contributed by atoms with van der Waals surface area (Å²) < 4.78 is 0. The maximum atomic E-state index is 12.7. The number of rotatable bonds is 2. The molecule has 21 heavy (non-hydrogen) atoms. The lowest BCUT2D eigenvalue weighted by atomic mass is 10.1. The summed E-state index contributed by atoms with van der Waals surface area (Å²) in [6.07, 6.45) is 3.53. The zero-order valence-corrected chi connectivity index (χ0v) is 13.3. The molecule has 1 aromatic heterocycles. The second-order valence-electron chi connectivity index (χ2n) is 4.63. The first-order valence-corrected chi connectivity index (χ1v) is 8.25. The molecule has 6 heteroatoms. The van der Waals surface area contributed by atoms with E-state index in [1.807, 2.05) is 17.0 Å². The highest BCUT2D eigenvalue weighted by Gasteiger charge is 2.32. The summed E-state index contributed by atoms with van der Waals surface area (Å²) in [6.45, 7) is 0.696. The van der Waals surface area contributed by atoms with Gasteiger partial charge in [0.25, 0.3) is 5.91 Å². The van der Waals surface area contributed by atoms with E-state index < -0.39 is 0 Å². The van der Waals surface area contributed by atoms with E-state index in [0.29, 0.717) is 22.2 Å². The maximum absolute atomic E-state index is 12.7. The first kappa shape index (κ1) is 14.7. The molecular weight excluding hydrogens is 327 g/mol. The number of hydrogen-bond donors (Lipinski definition) is 0. The minimum absolute atomic E-state index is 0.0158. The molecule has 108 valence electrons. The molecule has 0 saturated carbocycles. The Kier molecular flexibility index (Phi) is 4.38. The van der Waals surface area contributed by atoms with Crippen molar-refractivity contribution in [2.45, 2.75) is 5.37 Å². The van der Waals surface area contributed by atoms with Crippen molar-refractivity contribution in [3.8, 4) is 0 Å². The van der Waals surface area contributed by atoms with Crippen LogP contribution in [0.25, 0.3) is 0 Å². The van der Waals surface area contributed by atoms with Gasteiger partial charge in [0.2, 0.25) is 0 Å². The van der Waals surface area contributed by atoms with Gasteiger partial charge < -0.3 is 4.90 Å². The number of pyridine rings is 1. The van der Waals surface area contributed by atoms with Crippen LogP contribution in [0.4, 0.5) is 0 Å². The van der Waals surface area contributed by atoms with Crippen molar-refractivity contribution in [2.24, 2.45) is 0 Å². The summed E-state index contributed by atoms with van der Waals surface area (Å²) in [7, 11) is 0. The lowest BCUT2D eigenvalue weighted by Crippen LogP contribution is -2.30. The lowest BCUT2D eigenvalue weighted by molar-refractivity contribution is 0.0760. The fourth-order valence-electron chi connectivity index (χ4n) is 2.29. The van der Waals surface area contributed by atoms with Crippen LogP contribution in [0.5, 0.6) is 0 Å². The molecule has 0 N–H and O–H groups in total. The first-order chi connectivity index (χ1) is 10.2. The molecule has 1 aromatic carbocycles. The predicted octanol–water partition coefficient (Wildman–Crippen LogP) is 4.28. The standard InChI is InChI=1S/C15H12Cl2N2OS/c16-11-3-4-12(13(17)8-11)14(20)19-6-7-21-15(19)10-2-1-5-18-9-10/h1-5,8-9,15H,6-7H2. The van der Waals surface area contributed by atoms with Gasteiger partial charge in [0.1, 0.15) is 5.37 Å². The summed E-state index contributed by atoms with van der Waals surface area (Å²) in [5.74, 6) is 0.826. The highest BCUT2D eigenvalue weighted by Crippen LogP contribution is 2.39. The van der Waals surface area contributed by atoms with Crippen LogP contribution in [-0.2, 0) is 0 Å². The molecule has 1 unspecified atom stereocenters. The molecule has 1 atom stereocenters. The van der Waals surface area contributed by atoms with Gasteiger partial charge in [-0.15, -0.1) is 11.8 Å². The Morgan fingerprint density at radius 2 is 2.19 bits per heavy atom. The van der Waals surface area contributed by atoms with Crippen LogP contribution in [-0.4, -0.2) is 28.1 Å². The number of amides is 1. The zero-order valence-electron chi connectivity index (χ0n) is 11.0. The fraction of sp³-hybridized carbons (Fsp3) is 0.200. The van der Waals surface area contributed by atoms with Crippen molar-refractivity contribution in [3.05, 3.63) is 63.9 Å². The Hall–Kier alpha value is -1.23. The molecule has 2 heterocycles. The predicted molar refractivity (Wildman–Crippen MR) is 86.9 cm³/mol. The van der Waals surface area contributed by atoms with E-state index in [4.69, 9.17) is 23.2 Å². The van der Waals surface area contributed by atoms with Crippen LogP contribution in [0.1, 0.15) is 21.3 Å². The number of hydrogen-bond acceptors (Lipinski definition) is 3. The number of halogens is 2. The van der Waals surface area contributed by atoms with Gasteiger partial charge in [-0.3, -0.25) is 9.78 Å². The fourth-order valence-corrected chi connectivity index (χ4v) is 4.02. The molecule has 1 aliphatic rings. The molecule has 0 aliphatic carbocycles. The van der Waals surface area contributed by atoms with Crippen LogP contribution >= 0.6 is 35.0 Å². The molecule has 2 aromatic rings. The maximum Gasteiger partial charge on any atom is 0.256 e. The third kappa shape index (κ3) is 3.03. The summed E-state index contributed by atoms with van der Waals surface area (Å²) in [5, 5.41) is 0.892. The summed E-state index contributed by atoms with van der Waals surface area (Å²) >= 11 is 13.8. The van der Waals surface area contributed by atoms with Gasteiger partial charge >= 0.3 is 0 Å². The third-order valence-electron chi connectivity index (χ3n) is 3.28. The van der Waals surface area contributed by atoms with E-state index in [1.54, 1.807) is 42.4 Å². The minimum atomic E-state index is -0.0736. The second kappa shape index (κ2) is 6.26. The zero-order chi connectivity index (χ0) is 14.8. The van der Waals surface area contributed by atoms with E-state index in [2.05, 4.69) is 4.98 Å². The monoisotopic (exact) mass is 338 g/mol. The van der Waals surface area contributed by atoms with Crippen molar-refractivity contribution >= 4 is 40.9 Å². The topological polar surface area (TPSA) is 33.2 Å². The van der Waals surface area contributed by atoms with Crippen LogP contribution in [0.2, 0.25) is 10.0 Å².